The van der Waals surface area contributed by atoms with Crippen LogP contribution in [0.2, 0.25) is 0 Å². The molecule has 0 radical (unpaired) electrons. The Bertz CT molecular complexity index is 589. The van der Waals surface area contributed by atoms with Crippen molar-refractivity contribution >= 4 is 15.9 Å². The predicted octanol–water partition coefficient (Wildman–Crippen LogP) is 2.66. The summed E-state index contributed by atoms with van der Waals surface area (Å²) in [4.78, 5) is 4.10. The maximum atomic E-state index is 6.28. The van der Waals surface area contributed by atoms with Crippen molar-refractivity contribution in [2.45, 2.75) is 6.04 Å². The molecule has 1 aromatic heterocycles. The summed E-state index contributed by atoms with van der Waals surface area (Å²) in [6, 6.07) is 7.41. The van der Waals surface area contributed by atoms with E-state index in [1.165, 1.54) is 0 Å². The van der Waals surface area contributed by atoms with Gasteiger partial charge in [-0.1, -0.05) is 22.0 Å². The highest BCUT2D eigenvalue weighted by Crippen LogP contribution is 2.38. The molecule has 4 nitrogen and oxygen atoms in total. The van der Waals surface area contributed by atoms with Gasteiger partial charge >= 0.3 is 0 Å². The van der Waals surface area contributed by atoms with Crippen LogP contribution in [0.1, 0.15) is 17.2 Å². The van der Waals surface area contributed by atoms with Crippen LogP contribution in [0.5, 0.6) is 11.5 Å². The predicted molar refractivity (Wildman–Crippen MR) is 75.4 cm³/mol. The van der Waals surface area contributed by atoms with Gasteiger partial charge in [0, 0.05) is 16.9 Å². The molecule has 19 heavy (non-hydrogen) atoms. The number of aromatic nitrogens is 1. The Labute approximate surface area is 119 Å². The molecule has 2 aromatic rings. The Morgan fingerprint density at radius 1 is 1.21 bits per heavy atom. The fourth-order valence-corrected chi connectivity index (χ4v) is 2.63. The first-order valence-electron chi connectivity index (χ1n) is 6.00. The third-order valence-electron chi connectivity index (χ3n) is 3.04. The Hall–Kier alpha value is -1.59. The zero-order chi connectivity index (χ0) is 13.2. The second kappa shape index (κ2) is 5.19. The summed E-state index contributed by atoms with van der Waals surface area (Å²) < 4.78 is 12.0. The quantitative estimate of drug-likeness (QED) is 0.924. The minimum atomic E-state index is -0.251. The number of nitrogens with two attached hydrogens (primary N) is 1. The van der Waals surface area contributed by atoms with E-state index < -0.39 is 0 Å². The summed E-state index contributed by atoms with van der Waals surface area (Å²) >= 11 is 3.54. The zero-order valence-corrected chi connectivity index (χ0v) is 11.8. The number of pyridine rings is 1. The Kier molecular flexibility index (Phi) is 3.40. The minimum absolute atomic E-state index is 0.251. The highest BCUT2D eigenvalue weighted by molar-refractivity contribution is 9.10. The number of ether oxygens (including phenoxy) is 2. The summed E-state index contributed by atoms with van der Waals surface area (Å²) in [5.74, 6) is 1.49. The van der Waals surface area contributed by atoms with Gasteiger partial charge in [-0.25, -0.2) is 0 Å². The van der Waals surface area contributed by atoms with E-state index in [2.05, 4.69) is 20.9 Å². The molecule has 1 aliphatic rings. The third kappa shape index (κ3) is 2.43. The van der Waals surface area contributed by atoms with E-state index in [1.54, 1.807) is 12.4 Å². The van der Waals surface area contributed by atoms with Crippen LogP contribution in [0.4, 0.5) is 0 Å². The molecule has 0 fully saturated rings. The van der Waals surface area contributed by atoms with Gasteiger partial charge in [-0.05, 0) is 29.3 Å². The lowest BCUT2D eigenvalue weighted by Gasteiger charge is -2.22. The lowest BCUT2D eigenvalue weighted by molar-refractivity contribution is 0.171. The second-order valence-electron chi connectivity index (χ2n) is 4.28. The summed E-state index contributed by atoms with van der Waals surface area (Å²) in [5.41, 5.74) is 8.20. The maximum Gasteiger partial charge on any atom is 0.162 e. The molecular weight excluding hydrogens is 308 g/mol. The molecule has 0 amide bonds. The van der Waals surface area contributed by atoms with E-state index in [1.807, 2.05) is 24.3 Å². The fourth-order valence-electron chi connectivity index (χ4n) is 2.06. The molecule has 0 bridgehead atoms. The monoisotopic (exact) mass is 320 g/mol. The maximum absolute atomic E-state index is 6.28. The molecule has 2 heterocycles. The Morgan fingerprint density at radius 3 is 2.63 bits per heavy atom. The van der Waals surface area contributed by atoms with Gasteiger partial charge in [0.05, 0.1) is 6.04 Å². The van der Waals surface area contributed by atoms with Crippen molar-refractivity contribution in [1.82, 2.24) is 4.98 Å². The molecule has 1 aliphatic heterocycles. The van der Waals surface area contributed by atoms with E-state index in [9.17, 15) is 0 Å². The van der Waals surface area contributed by atoms with Crippen molar-refractivity contribution in [2.24, 2.45) is 5.73 Å². The van der Waals surface area contributed by atoms with Gasteiger partial charge in [-0.15, -0.1) is 0 Å². The highest BCUT2D eigenvalue weighted by atomic mass is 79.9. The van der Waals surface area contributed by atoms with Crippen LogP contribution in [-0.2, 0) is 0 Å². The topological polar surface area (TPSA) is 57.4 Å². The molecule has 0 saturated heterocycles. The molecule has 0 aliphatic carbocycles. The van der Waals surface area contributed by atoms with Gasteiger partial charge in [-0.2, -0.15) is 0 Å². The Balaban J connectivity index is 2.01. The van der Waals surface area contributed by atoms with E-state index in [0.717, 1.165) is 27.1 Å². The van der Waals surface area contributed by atoms with Crippen LogP contribution in [0.15, 0.2) is 41.1 Å². The van der Waals surface area contributed by atoms with E-state index in [0.29, 0.717) is 13.2 Å². The van der Waals surface area contributed by atoms with Crippen LogP contribution < -0.4 is 15.2 Å². The SMILES string of the molecule is NC(c1cccnc1)c1cc2c(cc1Br)OCCO2. The molecule has 0 saturated carbocycles. The lowest BCUT2D eigenvalue weighted by Crippen LogP contribution is -2.17. The van der Waals surface area contributed by atoms with Gasteiger partial charge in [0.15, 0.2) is 11.5 Å². The summed E-state index contributed by atoms with van der Waals surface area (Å²) in [5, 5.41) is 0. The van der Waals surface area contributed by atoms with Crippen molar-refractivity contribution in [3.8, 4) is 11.5 Å². The van der Waals surface area contributed by atoms with Crippen LogP contribution >= 0.6 is 15.9 Å². The molecule has 2 N–H and O–H groups in total. The summed E-state index contributed by atoms with van der Waals surface area (Å²) in [7, 11) is 0. The van der Waals surface area contributed by atoms with Gasteiger partial charge in [0.1, 0.15) is 13.2 Å². The number of nitrogens with zero attached hydrogens (tertiary/aromatic N) is 1. The van der Waals surface area contributed by atoms with E-state index >= 15 is 0 Å². The third-order valence-corrected chi connectivity index (χ3v) is 3.73. The van der Waals surface area contributed by atoms with Crippen LogP contribution in [0, 0.1) is 0 Å². The summed E-state index contributed by atoms with van der Waals surface area (Å²) in [6.45, 7) is 1.14. The molecule has 1 aromatic carbocycles. The normalized spacial score (nSPS) is 15.1. The standard InChI is InChI=1S/C14H13BrN2O2/c15-11-7-13-12(18-4-5-19-13)6-10(11)14(16)9-2-1-3-17-8-9/h1-3,6-8,14H,4-5,16H2. The molecule has 98 valence electrons. The van der Waals surface area contributed by atoms with Gasteiger partial charge in [0.25, 0.3) is 0 Å². The first-order chi connectivity index (χ1) is 9.25. The molecular formula is C14H13BrN2O2. The van der Waals surface area contributed by atoms with E-state index in [-0.39, 0.29) is 6.04 Å². The van der Waals surface area contributed by atoms with Gasteiger partial charge in [-0.3, -0.25) is 4.98 Å². The fraction of sp³-hybridized carbons (Fsp3) is 0.214. The minimum Gasteiger partial charge on any atom is -0.486 e. The van der Waals surface area contributed by atoms with Crippen molar-refractivity contribution in [3.05, 3.63) is 52.3 Å². The van der Waals surface area contributed by atoms with Crippen molar-refractivity contribution in [2.75, 3.05) is 13.2 Å². The largest absolute Gasteiger partial charge is 0.486 e. The molecule has 1 unspecified atom stereocenters. The molecule has 1 atom stereocenters. The van der Waals surface area contributed by atoms with Crippen molar-refractivity contribution in [1.29, 1.82) is 0 Å². The van der Waals surface area contributed by atoms with Gasteiger partial charge < -0.3 is 15.2 Å². The highest BCUT2D eigenvalue weighted by Gasteiger charge is 2.19. The molecule has 0 spiro atoms. The molecule has 3 rings (SSSR count). The number of benzene rings is 1. The number of rotatable bonds is 2. The number of halogens is 1. The van der Waals surface area contributed by atoms with Crippen LogP contribution in [0.3, 0.4) is 0 Å². The average molecular weight is 321 g/mol. The first-order valence-corrected chi connectivity index (χ1v) is 6.79. The lowest BCUT2D eigenvalue weighted by atomic mass is 10.0. The first kappa shape index (κ1) is 12.4. The van der Waals surface area contributed by atoms with Crippen LogP contribution in [-0.4, -0.2) is 18.2 Å². The van der Waals surface area contributed by atoms with E-state index in [4.69, 9.17) is 15.2 Å². The smallest absolute Gasteiger partial charge is 0.162 e. The second-order valence-corrected chi connectivity index (χ2v) is 5.14. The van der Waals surface area contributed by atoms with Gasteiger partial charge in [0.2, 0.25) is 0 Å². The van der Waals surface area contributed by atoms with Crippen molar-refractivity contribution < 1.29 is 9.47 Å². The number of hydrogen-bond acceptors (Lipinski definition) is 4. The van der Waals surface area contributed by atoms with Crippen LogP contribution in [0.25, 0.3) is 0 Å². The number of fused-ring (bicyclic) bond motifs is 1. The average Bonchev–Trinajstić information content (AvgIpc) is 2.47. The number of hydrogen-bond donors (Lipinski definition) is 1. The molecule has 5 heteroatoms. The summed E-state index contributed by atoms with van der Waals surface area (Å²) in [6.07, 6.45) is 3.50. The van der Waals surface area contributed by atoms with Crippen molar-refractivity contribution in [3.63, 3.8) is 0 Å². The Morgan fingerprint density at radius 2 is 1.95 bits per heavy atom. The zero-order valence-electron chi connectivity index (χ0n) is 10.2.